The lowest BCUT2D eigenvalue weighted by Gasteiger charge is -2.06. The van der Waals surface area contributed by atoms with Gasteiger partial charge in [0.1, 0.15) is 11.4 Å². The fourth-order valence-corrected chi connectivity index (χ4v) is 1.87. The van der Waals surface area contributed by atoms with Gasteiger partial charge in [-0.2, -0.15) is 0 Å². The van der Waals surface area contributed by atoms with Gasteiger partial charge in [0.15, 0.2) is 0 Å². The Labute approximate surface area is 86.8 Å². The van der Waals surface area contributed by atoms with Crippen molar-refractivity contribution in [1.82, 2.24) is 0 Å². The van der Waals surface area contributed by atoms with E-state index >= 15 is 0 Å². The minimum absolute atomic E-state index is 0.517. The lowest BCUT2D eigenvalue weighted by atomic mass is 9.96. The molecule has 1 aromatic rings. The van der Waals surface area contributed by atoms with E-state index in [9.17, 15) is 0 Å². The SMILES string of the molecule is ON=C1C=CC=C2C1=Nc1ccccc12. The molecular weight excluding hydrogens is 188 g/mol. The molecular formula is C12H8N2O. The summed E-state index contributed by atoms with van der Waals surface area (Å²) in [5, 5.41) is 12.1. The van der Waals surface area contributed by atoms with Crippen LogP contribution in [0.5, 0.6) is 0 Å². The van der Waals surface area contributed by atoms with Crippen molar-refractivity contribution in [3.05, 3.63) is 48.1 Å². The number of oxime groups is 1. The van der Waals surface area contributed by atoms with E-state index in [4.69, 9.17) is 5.21 Å². The summed E-state index contributed by atoms with van der Waals surface area (Å²) in [6, 6.07) is 7.90. The molecule has 0 unspecified atom stereocenters. The summed E-state index contributed by atoms with van der Waals surface area (Å²) < 4.78 is 0. The number of allylic oxidation sites excluding steroid dienone is 4. The van der Waals surface area contributed by atoms with E-state index in [-0.39, 0.29) is 0 Å². The van der Waals surface area contributed by atoms with Gasteiger partial charge in [0.25, 0.3) is 0 Å². The highest BCUT2D eigenvalue weighted by atomic mass is 16.4. The molecule has 15 heavy (non-hydrogen) atoms. The Kier molecular flexibility index (Phi) is 1.59. The Bertz CT molecular complexity index is 550. The average molecular weight is 196 g/mol. The van der Waals surface area contributed by atoms with E-state index in [1.54, 1.807) is 6.08 Å². The molecule has 0 saturated carbocycles. The Hall–Kier alpha value is -2.16. The molecule has 0 amide bonds. The molecule has 1 N–H and O–H groups in total. The molecule has 0 bridgehead atoms. The third-order valence-electron chi connectivity index (χ3n) is 2.55. The molecule has 3 rings (SSSR count). The number of aliphatic imine (C=N–C) groups is 1. The van der Waals surface area contributed by atoms with Gasteiger partial charge in [-0.05, 0) is 12.1 Å². The smallest absolute Gasteiger partial charge is 0.128 e. The first kappa shape index (κ1) is 8.17. The van der Waals surface area contributed by atoms with Crippen LogP contribution < -0.4 is 0 Å². The van der Waals surface area contributed by atoms with Crippen molar-refractivity contribution in [3.63, 3.8) is 0 Å². The van der Waals surface area contributed by atoms with Crippen molar-refractivity contribution < 1.29 is 5.21 Å². The summed E-state index contributed by atoms with van der Waals surface area (Å²) in [7, 11) is 0. The van der Waals surface area contributed by atoms with E-state index in [0.29, 0.717) is 5.71 Å². The van der Waals surface area contributed by atoms with Crippen LogP contribution in [0, 0.1) is 0 Å². The Balaban J connectivity index is 2.25. The molecule has 0 saturated heterocycles. The maximum Gasteiger partial charge on any atom is 0.128 e. The molecule has 0 spiro atoms. The van der Waals surface area contributed by atoms with Crippen LogP contribution in [-0.4, -0.2) is 16.6 Å². The van der Waals surface area contributed by atoms with Gasteiger partial charge in [-0.1, -0.05) is 35.5 Å². The normalized spacial score (nSPS) is 19.6. The highest BCUT2D eigenvalue weighted by Gasteiger charge is 2.24. The molecule has 2 aliphatic rings. The Morgan fingerprint density at radius 1 is 1.20 bits per heavy atom. The zero-order valence-electron chi connectivity index (χ0n) is 7.88. The molecule has 1 aliphatic heterocycles. The van der Waals surface area contributed by atoms with Crippen LogP contribution in [0.4, 0.5) is 5.69 Å². The van der Waals surface area contributed by atoms with Crippen molar-refractivity contribution in [2.24, 2.45) is 10.1 Å². The highest BCUT2D eigenvalue weighted by Crippen LogP contribution is 2.36. The van der Waals surface area contributed by atoms with Crippen LogP contribution in [0.3, 0.4) is 0 Å². The number of rotatable bonds is 0. The number of benzene rings is 1. The van der Waals surface area contributed by atoms with Crippen molar-refractivity contribution in [1.29, 1.82) is 0 Å². The summed E-state index contributed by atoms with van der Waals surface area (Å²) in [5.74, 6) is 0. The maximum absolute atomic E-state index is 8.85. The maximum atomic E-state index is 8.85. The first-order valence-electron chi connectivity index (χ1n) is 4.69. The van der Waals surface area contributed by atoms with Gasteiger partial charge in [-0.3, -0.25) is 0 Å². The third-order valence-corrected chi connectivity index (χ3v) is 2.55. The van der Waals surface area contributed by atoms with Crippen LogP contribution in [0.15, 0.2) is 52.6 Å². The van der Waals surface area contributed by atoms with Crippen LogP contribution in [0.1, 0.15) is 5.56 Å². The van der Waals surface area contributed by atoms with Gasteiger partial charge >= 0.3 is 0 Å². The summed E-state index contributed by atoms with van der Waals surface area (Å²) in [4.78, 5) is 4.43. The van der Waals surface area contributed by atoms with Crippen LogP contribution >= 0.6 is 0 Å². The summed E-state index contributed by atoms with van der Waals surface area (Å²) in [5.41, 5.74) is 4.33. The summed E-state index contributed by atoms with van der Waals surface area (Å²) in [6.45, 7) is 0. The van der Waals surface area contributed by atoms with Crippen LogP contribution in [0.2, 0.25) is 0 Å². The van der Waals surface area contributed by atoms with Crippen molar-refractivity contribution in [2.45, 2.75) is 0 Å². The monoisotopic (exact) mass is 196 g/mol. The molecule has 1 aliphatic carbocycles. The molecule has 3 nitrogen and oxygen atoms in total. The third kappa shape index (κ3) is 1.06. The topological polar surface area (TPSA) is 45.0 Å². The Morgan fingerprint density at radius 3 is 2.93 bits per heavy atom. The predicted octanol–water partition coefficient (Wildman–Crippen LogP) is 2.56. The van der Waals surface area contributed by atoms with E-state index in [0.717, 1.165) is 22.5 Å². The number of nitrogens with zero attached hydrogens (tertiary/aromatic N) is 2. The molecule has 72 valence electrons. The fraction of sp³-hybridized carbons (Fsp3) is 0. The average Bonchev–Trinajstić information content (AvgIpc) is 2.67. The summed E-state index contributed by atoms with van der Waals surface area (Å²) in [6.07, 6.45) is 5.60. The van der Waals surface area contributed by atoms with Crippen molar-refractivity contribution in [2.75, 3.05) is 0 Å². The molecule has 0 radical (unpaired) electrons. The number of para-hydroxylation sites is 1. The standard InChI is InChI=1S/C12H8N2O/c15-14-11-7-3-5-9-8-4-1-2-6-10(8)13-12(9)11/h1-7,15H. The quantitative estimate of drug-likeness (QED) is 0.387. The zero-order chi connectivity index (χ0) is 10.3. The second kappa shape index (κ2) is 2.92. The van der Waals surface area contributed by atoms with Crippen molar-refractivity contribution in [3.8, 4) is 0 Å². The van der Waals surface area contributed by atoms with E-state index in [1.807, 2.05) is 36.4 Å². The highest BCUT2D eigenvalue weighted by molar-refractivity contribution is 6.63. The molecule has 1 heterocycles. The minimum atomic E-state index is 0.517. The largest absolute Gasteiger partial charge is 0.410 e. The number of hydrogen-bond acceptors (Lipinski definition) is 3. The lowest BCUT2D eigenvalue weighted by molar-refractivity contribution is 0.320. The van der Waals surface area contributed by atoms with Crippen LogP contribution in [0.25, 0.3) is 5.57 Å². The predicted molar refractivity (Wildman–Crippen MR) is 59.9 cm³/mol. The minimum Gasteiger partial charge on any atom is -0.410 e. The van der Waals surface area contributed by atoms with Gasteiger partial charge in [-0.15, -0.1) is 0 Å². The number of fused-ring (bicyclic) bond motifs is 3. The van der Waals surface area contributed by atoms with Crippen molar-refractivity contribution >= 4 is 22.7 Å². The molecule has 0 fully saturated rings. The zero-order valence-corrected chi connectivity index (χ0v) is 7.88. The van der Waals surface area contributed by atoms with Crippen LogP contribution in [-0.2, 0) is 0 Å². The lowest BCUT2D eigenvalue weighted by Crippen LogP contribution is -2.13. The molecule has 1 aromatic carbocycles. The summed E-state index contributed by atoms with van der Waals surface area (Å²) >= 11 is 0. The Morgan fingerprint density at radius 2 is 2.07 bits per heavy atom. The molecule has 3 heteroatoms. The molecule has 0 aromatic heterocycles. The van der Waals surface area contributed by atoms with E-state index < -0.39 is 0 Å². The van der Waals surface area contributed by atoms with Gasteiger partial charge in [0, 0.05) is 11.1 Å². The number of hydrogen-bond donors (Lipinski definition) is 1. The first-order chi connectivity index (χ1) is 7.40. The fourth-order valence-electron chi connectivity index (χ4n) is 1.87. The van der Waals surface area contributed by atoms with Gasteiger partial charge < -0.3 is 5.21 Å². The second-order valence-corrected chi connectivity index (χ2v) is 3.40. The van der Waals surface area contributed by atoms with Gasteiger partial charge in [0.2, 0.25) is 0 Å². The van der Waals surface area contributed by atoms with Gasteiger partial charge in [0.05, 0.1) is 5.69 Å². The van der Waals surface area contributed by atoms with E-state index in [1.165, 1.54) is 0 Å². The second-order valence-electron chi connectivity index (χ2n) is 3.40. The first-order valence-corrected chi connectivity index (χ1v) is 4.69. The van der Waals surface area contributed by atoms with E-state index in [2.05, 4.69) is 10.1 Å². The van der Waals surface area contributed by atoms with Gasteiger partial charge in [-0.25, -0.2) is 4.99 Å². The molecule has 0 atom stereocenters.